The zero-order valence-electron chi connectivity index (χ0n) is 13.4. The van der Waals surface area contributed by atoms with Crippen LogP contribution < -0.4 is 10.2 Å². The normalized spacial score (nSPS) is 11.1. The Morgan fingerprint density at radius 2 is 2.00 bits per heavy atom. The third kappa shape index (κ3) is 4.83. The summed E-state index contributed by atoms with van der Waals surface area (Å²) in [5.74, 6) is 1.81. The highest BCUT2D eigenvalue weighted by molar-refractivity contribution is 5.51. The van der Waals surface area contributed by atoms with E-state index in [0.29, 0.717) is 5.92 Å². The van der Waals surface area contributed by atoms with Crippen LogP contribution in [-0.2, 0) is 6.54 Å². The minimum atomic E-state index is 0.676. The highest BCUT2D eigenvalue weighted by Crippen LogP contribution is 2.22. The summed E-state index contributed by atoms with van der Waals surface area (Å²) in [6.45, 7) is 13.9. The minimum absolute atomic E-state index is 0.676. The summed E-state index contributed by atoms with van der Waals surface area (Å²) < 4.78 is 0. The monoisotopic (exact) mass is 263 g/mol. The van der Waals surface area contributed by atoms with Crippen molar-refractivity contribution in [3.63, 3.8) is 0 Å². The molecule has 0 aromatic carbocycles. The van der Waals surface area contributed by atoms with Gasteiger partial charge in [-0.25, -0.2) is 4.98 Å². The molecule has 0 bridgehead atoms. The minimum Gasteiger partial charge on any atom is -0.359 e. The Balaban J connectivity index is 2.92. The quantitative estimate of drug-likeness (QED) is 0.818. The molecule has 1 aromatic heterocycles. The molecule has 3 nitrogen and oxygen atoms in total. The van der Waals surface area contributed by atoms with Gasteiger partial charge in [0, 0.05) is 31.4 Å². The molecule has 1 heterocycles. The van der Waals surface area contributed by atoms with E-state index in [1.165, 1.54) is 11.1 Å². The summed E-state index contributed by atoms with van der Waals surface area (Å²) in [6.07, 6.45) is 1.14. The van der Waals surface area contributed by atoms with Crippen molar-refractivity contribution < 1.29 is 0 Å². The first-order valence-electron chi connectivity index (χ1n) is 7.34. The molecule has 0 unspecified atom stereocenters. The molecule has 1 N–H and O–H groups in total. The van der Waals surface area contributed by atoms with Gasteiger partial charge in [0.15, 0.2) is 0 Å². The van der Waals surface area contributed by atoms with Gasteiger partial charge in [-0.15, -0.1) is 0 Å². The van der Waals surface area contributed by atoms with Crippen LogP contribution in [0.1, 0.15) is 44.0 Å². The van der Waals surface area contributed by atoms with Gasteiger partial charge in [-0.1, -0.05) is 20.8 Å². The maximum absolute atomic E-state index is 4.74. The average molecular weight is 263 g/mol. The predicted molar refractivity (Wildman–Crippen MR) is 83.8 cm³/mol. The smallest absolute Gasteiger partial charge is 0.133 e. The van der Waals surface area contributed by atoms with Crippen LogP contribution in [0, 0.1) is 19.8 Å². The topological polar surface area (TPSA) is 28.2 Å². The summed E-state index contributed by atoms with van der Waals surface area (Å²) in [7, 11) is 2.14. The van der Waals surface area contributed by atoms with Gasteiger partial charge in [-0.3, -0.25) is 0 Å². The lowest BCUT2D eigenvalue weighted by Crippen LogP contribution is -2.25. The maximum Gasteiger partial charge on any atom is 0.133 e. The highest BCUT2D eigenvalue weighted by Gasteiger charge is 2.12. The van der Waals surface area contributed by atoms with E-state index in [1.807, 2.05) is 0 Å². The average Bonchev–Trinajstić information content (AvgIpc) is 2.31. The second-order valence-corrected chi connectivity index (χ2v) is 5.83. The number of hydrogen-bond donors (Lipinski definition) is 1. The molecule has 0 saturated carbocycles. The number of aryl methyl sites for hydroxylation is 2. The number of pyridine rings is 1. The van der Waals surface area contributed by atoms with E-state index in [9.17, 15) is 0 Å². The van der Waals surface area contributed by atoms with Crippen molar-refractivity contribution in [2.45, 2.75) is 47.6 Å². The number of nitrogens with zero attached hydrogens (tertiary/aromatic N) is 2. The molecule has 0 aliphatic carbocycles. The van der Waals surface area contributed by atoms with Gasteiger partial charge in [0.05, 0.1) is 0 Å². The molecular weight excluding hydrogens is 234 g/mol. The molecule has 1 rings (SSSR count). The van der Waals surface area contributed by atoms with Crippen molar-refractivity contribution in [3.8, 4) is 0 Å². The Morgan fingerprint density at radius 1 is 1.32 bits per heavy atom. The van der Waals surface area contributed by atoms with E-state index in [1.54, 1.807) is 0 Å². The Morgan fingerprint density at radius 3 is 2.58 bits per heavy atom. The Bertz CT molecular complexity index is 399. The SMILES string of the molecule is CCCN(C)c1nc(C)cc(C)c1CNCC(C)C. The molecular formula is C16H29N3. The van der Waals surface area contributed by atoms with E-state index < -0.39 is 0 Å². The van der Waals surface area contributed by atoms with Crippen molar-refractivity contribution in [3.05, 3.63) is 22.9 Å². The molecule has 0 fully saturated rings. The molecule has 3 heteroatoms. The van der Waals surface area contributed by atoms with Crippen LogP contribution >= 0.6 is 0 Å². The second kappa shape index (κ2) is 7.49. The third-order valence-corrected chi connectivity index (χ3v) is 3.23. The number of aromatic nitrogens is 1. The number of rotatable bonds is 7. The fourth-order valence-corrected chi connectivity index (χ4v) is 2.30. The maximum atomic E-state index is 4.74. The molecule has 0 radical (unpaired) electrons. The Hall–Kier alpha value is -1.09. The van der Waals surface area contributed by atoms with E-state index in [0.717, 1.165) is 37.6 Å². The first-order valence-corrected chi connectivity index (χ1v) is 7.34. The zero-order valence-corrected chi connectivity index (χ0v) is 13.4. The first-order chi connectivity index (χ1) is 8.95. The molecule has 19 heavy (non-hydrogen) atoms. The number of hydrogen-bond acceptors (Lipinski definition) is 3. The molecule has 1 aromatic rings. The predicted octanol–water partition coefficient (Wildman–Crippen LogP) is 3.29. The fraction of sp³-hybridized carbons (Fsp3) is 0.688. The van der Waals surface area contributed by atoms with Gasteiger partial charge in [-0.2, -0.15) is 0 Å². The van der Waals surface area contributed by atoms with Crippen LogP contribution in [0.3, 0.4) is 0 Å². The van der Waals surface area contributed by atoms with E-state index in [-0.39, 0.29) is 0 Å². The van der Waals surface area contributed by atoms with Crippen molar-refractivity contribution in [2.24, 2.45) is 5.92 Å². The van der Waals surface area contributed by atoms with Crippen molar-refractivity contribution in [2.75, 3.05) is 25.0 Å². The summed E-state index contributed by atoms with van der Waals surface area (Å²) in [5, 5.41) is 3.53. The van der Waals surface area contributed by atoms with E-state index in [4.69, 9.17) is 4.98 Å². The van der Waals surface area contributed by atoms with Gasteiger partial charge in [-0.05, 0) is 44.4 Å². The third-order valence-electron chi connectivity index (χ3n) is 3.23. The van der Waals surface area contributed by atoms with Gasteiger partial charge >= 0.3 is 0 Å². The summed E-state index contributed by atoms with van der Waals surface area (Å²) in [4.78, 5) is 7.01. The lowest BCUT2D eigenvalue weighted by molar-refractivity contribution is 0.550. The van der Waals surface area contributed by atoms with E-state index >= 15 is 0 Å². The molecule has 0 saturated heterocycles. The lowest BCUT2D eigenvalue weighted by Gasteiger charge is -2.23. The van der Waals surface area contributed by atoms with Gasteiger partial charge in [0.25, 0.3) is 0 Å². The van der Waals surface area contributed by atoms with Gasteiger partial charge < -0.3 is 10.2 Å². The first kappa shape index (κ1) is 16.0. The molecule has 0 amide bonds. The van der Waals surface area contributed by atoms with Crippen molar-refractivity contribution >= 4 is 5.82 Å². The Labute approximate surface area is 118 Å². The van der Waals surface area contributed by atoms with Crippen molar-refractivity contribution in [1.82, 2.24) is 10.3 Å². The molecule has 0 aliphatic rings. The lowest BCUT2D eigenvalue weighted by atomic mass is 10.1. The molecule has 0 spiro atoms. The summed E-state index contributed by atoms with van der Waals surface area (Å²) in [5.41, 5.74) is 3.77. The largest absolute Gasteiger partial charge is 0.359 e. The second-order valence-electron chi connectivity index (χ2n) is 5.83. The van der Waals surface area contributed by atoms with Crippen LogP contribution in [0.2, 0.25) is 0 Å². The van der Waals surface area contributed by atoms with Crippen LogP contribution in [0.15, 0.2) is 6.07 Å². The number of anilines is 1. The Kier molecular flexibility index (Phi) is 6.29. The fourth-order valence-electron chi connectivity index (χ4n) is 2.30. The summed E-state index contributed by atoms with van der Waals surface area (Å²) in [6, 6.07) is 2.18. The number of nitrogens with one attached hydrogen (secondary N) is 1. The highest BCUT2D eigenvalue weighted by atomic mass is 15.2. The summed E-state index contributed by atoms with van der Waals surface area (Å²) >= 11 is 0. The molecule has 0 atom stereocenters. The van der Waals surface area contributed by atoms with Crippen molar-refractivity contribution in [1.29, 1.82) is 0 Å². The van der Waals surface area contributed by atoms with Gasteiger partial charge in [0.2, 0.25) is 0 Å². The van der Waals surface area contributed by atoms with Gasteiger partial charge in [0.1, 0.15) is 5.82 Å². The van der Waals surface area contributed by atoms with E-state index in [2.05, 4.69) is 57.9 Å². The molecule has 0 aliphatic heterocycles. The van der Waals surface area contributed by atoms with Crippen LogP contribution in [0.4, 0.5) is 5.82 Å². The standard InChI is InChI=1S/C16H29N3/c1-7-8-19(6)16-15(11-17-10-12(2)3)13(4)9-14(5)18-16/h9,12,17H,7-8,10-11H2,1-6H3. The van der Waals surface area contributed by atoms with Crippen LogP contribution in [0.5, 0.6) is 0 Å². The molecule has 108 valence electrons. The van der Waals surface area contributed by atoms with Crippen LogP contribution in [-0.4, -0.2) is 25.1 Å². The van der Waals surface area contributed by atoms with Crippen LogP contribution in [0.25, 0.3) is 0 Å². The zero-order chi connectivity index (χ0) is 14.4.